The van der Waals surface area contributed by atoms with Crippen LogP contribution in [0.4, 0.5) is 10.9 Å². The maximum Gasteiger partial charge on any atom is 0.235 e. The summed E-state index contributed by atoms with van der Waals surface area (Å²) in [5.74, 6) is 0.816. The zero-order chi connectivity index (χ0) is 19.2. The molecule has 7 nitrogen and oxygen atoms in total. The highest BCUT2D eigenvalue weighted by Gasteiger charge is 2.13. The van der Waals surface area contributed by atoms with Crippen molar-refractivity contribution in [2.24, 2.45) is 0 Å². The van der Waals surface area contributed by atoms with Gasteiger partial charge in [0.2, 0.25) is 11.0 Å². The summed E-state index contributed by atoms with van der Waals surface area (Å²) in [4.78, 5) is 12.4. The molecule has 9 heteroatoms. The van der Waals surface area contributed by atoms with Crippen LogP contribution in [0.2, 0.25) is 0 Å². The molecule has 0 saturated carbocycles. The Kier molecular flexibility index (Phi) is 6.46. The smallest absolute Gasteiger partial charge is 0.235 e. The minimum Gasteiger partial charge on any atom is -0.360 e. The van der Waals surface area contributed by atoms with E-state index in [9.17, 15) is 4.79 Å². The van der Waals surface area contributed by atoms with Gasteiger partial charge in [0.15, 0.2) is 4.34 Å². The number of nitrogens with zero attached hydrogens (tertiary/aromatic N) is 4. The molecule has 27 heavy (non-hydrogen) atoms. The van der Waals surface area contributed by atoms with Crippen LogP contribution in [0, 0.1) is 13.8 Å². The molecule has 0 unspecified atom stereocenters. The molecule has 2 aromatic heterocycles. The van der Waals surface area contributed by atoms with Crippen molar-refractivity contribution in [2.75, 3.05) is 22.9 Å². The molecule has 2 heterocycles. The molecule has 0 atom stereocenters. The summed E-state index contributed by atoms with van der Waals surface area (Å²) in [7, 11) is 0. The van der Waals surface area contributed by atoms with Crippen LogP contribution in [-0.2, 0) is 4.79 Å². The lowest BCUT2D eigenvalue weighted by atomic mass is 10.2. The van der Waals surface area contributed by atoms with E-state index in [1.807, 2.05) is 44.2 Å². The molecule has 0 aliphatic heterocycles. The van der Waals surface area contributed by atoms with Crippen molar-refractivity contribution >= 4 is 40.0 Å². The van der Waals surface area contributed by atoms with Crippen LogP contribution in [0.1, 0.15) is 24.6 Å². The second-order valence-electron chi connectivity index (χ2n) is 6.06. The van der Waals surface area contributed by atoms with Crippen molar-refractivity contribution in [1.29, 1.82) is 0 Å². The predicted molar refractivity (Wildman–Crippen MR) is 111 cm³/mol. The number of anilines is 2. The van der Waals surface area contributed by atoms with Gasteiger partial charge in [-0.05, 0) is 32.4 Å². The van der Waals surface area contributed by atoms with Gasteiger partial charge in [-0.25, -0.2) is 4.68 Å². The molecule has 0 radical (unpaired) electrons. The fraction of sp³-hybridized carbons (Fsp3) is 0.333. The van der Waals surface area contributed by atoms with Crippen molar-refractivity contribution in [1.82, 2.24) is 20.0 Å². The molecular formula is C18H22N6OS2. The van der Waals surface area contributed by atoms with Gasteiger partial charge in [0.1, 0.15) is 5.82 Å². The van der Waals surface area contributed by atoms with Crippen LogP contribution < -0.4 is 10.6 Å². The number of nitrogens with one attached hydrogen (secondary N) is 2. The third kappa shape index (κ3) is 5.30. The van der Waals surface area contributed by atoms with Crippen LogP contribution >= 0.6 is 23.1 Å². The number of carbonyl (C=O) groups is 1. The molecule has 0 saturated heterocycles. The van der Waals surface area contributed by atoms with Crippen LogP contribution in [0.5, 0.6) is 0 Å². The Morgan fingerprint density at radius 2 is 2.00 bits per heavy atom. The summed E-state index contributed by atoms with van der Waals surface area (Å²) in [5.41, 5.74) is 2.93. The van der Waals surface area contributed by atoms with Crippen molar-refractivity contribution in [3.8, 4) is 5.69 Å². The van der Waals surface area contributed by atoms with E-state index in [1.165, 1.54) is 28.7 Å². The van der Waals surface area contributed by atoms with Crippen molar-refractivity contribution in [3.63, 3.8) is 0 Å². The van der Waals surface area contributed by atoms with E-state index < -0.39 is 0 Å². The highest BCUT2D eigenvalue weighted by molar-refractivity contribution is 8.01. The lowest BCUT2D eigenvalue weighted by Gasteiger charge is -2.08. The summed E-state index contributed by atoms with van der Waals surface area (Å²) < 4.78 is 2.52. The minimum absolute atomic E-state index is 0.105. The maximum atomic E-state index is 12.4. The van der Waals surface area contributed by atoms with E-state index in [0.717, 1.165) is 33.8 Å². The molecule has 3 rings (SSSR count). The molecule has 142 valence electrons. The van der Waals surface area contributed by atoms with E-state index in [-0.39, 0.29) is 11.7 Å². The zero-order valence-electron chi connectivity index (χ0n) is 15.5. The first-order valence-corrected chi connectivity index (χ1v) is 10.5. The Hall–Kier alpha value is -2.39. The lowest BCUT2D eigenvalue weighted by molar-refractivity contribution is -0.113. The summed E-state index contributed by atoms with van der Waals surface area (Å²) in [5, 5.41) is 19.6. The van der Waals surface area contributed by atoms with Crippen LogP contribution in [0.15, 0.2) is 34.7 Å². The lowest BCUT2D eigenvalue weighted by Crippen LogP contribution is -2.16. The largest absolute Gasteiger partial charge is 0.360 e. The van der Waals surface area contributed by atoms with Gasteiger partial charge in [-0.1, -0.05) is 47.7 Å². The van der Waals surface area contributed by atoms with Crippen LogP contribution in [-0.4, -0.2) is 38.2 Å². The van der Waals surface area contributed by atoms with Gasteiger partial charge in [-0.15, -0.1) is 10.2 Å². The average Bonchev–Trinajstić information content (AvgIpc) is 3.25. The number of amides is 1. The molecule has 1 aromatic carbocycles. The number of aromatic nitrogens is 4. The first kappa shape index (κ1) is 19.4. The second-order valence-corrected chi connectivity index (χ2v) is 8.26. The molecule has 0 fully saturated rings. The molecule has 0 bridgehead atoms. The summed E-state index contributed by atoms with van der Waals surface area (Å²) in [6.45, 7) is 6.90. The SMILES string of the molecule is CCCNc1nnc(SCC(=O)Nc2cc(C)nn2-c2ccc(C)cc2)s1. The van der Waals surface area contributed by atoms with Crippen molar-refractivity contribution < 1.29 is 4.79 Å². The van der Waals surface area contributed by atoms with Gasteiger partial charge < -0.3 is 10.6 Å². The number of carbonyl (C=O) groups excluding carboxylic acids is 1. The third-order valence-electron chi connectivity index (χ3n) is 3.64. The third-order valence-corrected chi connectivity index (χ3v) is 5.65. The standard InChI is InChI=1S/C18H22N6OS2/c1-4-9-19-17-21-22-18(27-17)26-11-16(25)20-15-10-13(3)23-24(15)14-7-5-12(2)6-8-14/h5-8,10H,4,9,11H2,1-3H3,(H,19,21)(H,20,25). The Labute approximate surface area is 166 Å². The molecular weight excluding hydrogens is 380 g/mol. The fourth-order valence-electron chi connectivity index (χ4n) is 2.35. The van der Waals surface area contributed by atoms with Gasteiger partial charge in [0, 0.05) is 12.6 Å². The quantitative estimate of drug-likeness (QED) is 0.556. The molecule has 1 amide bonds. The minimum atomic E-state index is -0.105. The van der Waals surface area contributed by atoms with Crippen molar-refractivity contribution in [3.05, 3.63) is 41.6 Å². The number of thioether (sulfide) groups is 1. The number of benzene rings is 1. The monoisotopic (exact) mass is 402 g/mol. The summed E-state index contributed by atoms with van der Waals surface area (Å²) in [6.07, 6.45) is 1.03. The van der Waals surface area contributed by atoms with Gasteiger partial charge in [-0.3, -0.25) is 4.79 Å². The fourth-order valence-corrected chi connectivity index (χ4v) is 3.93. The van der Waals surface area contributed by atoms with Crippen LogP contribution in [0.25, 0.3) is 5.69 Å². The van der Waals surface area contributed by atoms with Crippen LogP contribution in [0.3, 0.4) is 0 Å². The van der Waals surface area contributed by atoms with E-state index >= 15 is 0 Å². The average molecular weight is 403 g/mol. The predicted octanol–water partition coefficient (Wildman–Crippen LogP) is 3.89. The molecule has 0 aliphatic carbocycles. The number of rotatable bonds is 8. The number of hydrogen-bond acceptors (Lipinski definition) is 7. The van der Waals surface area contributed by atoms with Gasteiger partial charge in [-0.2, -0.15) is 5.10 Å². The number of hydrogen-bond donors (Lipinski definition) is 2. The topological polar surface area (TPSA) is 84.7 Å². The normalized spacial score (nSPS) is 10.8. The highest BCUT2D eigenvalue weighted by atomic mass is 32.2. The van der Waals surface area contributed by atoms with Gasteiger partial charge >= 0.3 is 0 Å². The molecule has 2 N–H and O–H groups in total. The maximum absolute atomic E-state index is 12.4. The Morgan fingerprint density at radius 1 is 1.22 bits per heavy atom. The molecule has 0 spiro atoms. The Morgan fingerprint density at radius 3 is 2.74 bits per heavy atom. The summed E-state index contributed by atoms with van der Waals surface area (Å²) >= 11 is 2.83. The zero-order valence-corrected chi connectivity index (χ0v) is 17.2. The highest BCUT2D eigenvalue weighted by Crippen LogP contribution is 2.26. The Balaban J connectivity index is 1.61. The second kappa shape index (κ2) is 9.01. The van der Waals surface area contributed by atoms with Gasteiger partial charge in [0.05, 0.1) is 17.1 Å². The molecule has 0 aliphatic rings. The van der Waals surface area contributed by atoms with Crippen molar-refractivity contribution in [2.45, 2.75) is 31.5 Å². The number of aryl methyl sites for hydroxylation is 2. The first-order chi connectivity index (χ1) is 13.0. The molecule has 3 aromatic rings. The van der Waals surface area contributed by atoms with E-state index in [4.69, 9.17) is 0 Å². The summed E-state index contributed by atoms with van der Waals surface area (Å²) in [6, 6.07) is 9.87. The first-order valence-electron chi connectivity index (χ1n) is 8.69. The van der Waals surface area contributed by atoms with Gasteiger partial charge in [0.25, 0.3) is 0 Å². The van der Waals surface area contributed by atoms with E-state index in [0.29, 0.717) is 5.82 Å². The Bertz CT molecular complexity index is 903. The van der Waals surface area contributed by atoms with E-state index in [1.54, 1.807) is 4.68 Å². The van der Waals surface area contributed by atoms with E-state index in [2.05, 4.69) is 32.9 Å².